The van der Waals surface area contributed by atoms with Crippen molar-refractivity contribution >= 4 is 27.3 Å². The molecule has 0 unspecified atom stereocenters. The third kappa shape index (κ3) is 7.67. The summed E-state index contributed by atoms with van der Waals surface area (Å²) in [5.74, 6) is 0.234. The SMILES string of the molecule is CS(=O)(=O)c1cncc(-c2ccc(C[C@H](NC(=O)C3CCC(CN)CC3)C(=O)Nc3ccc(-c4nn[nH]n4)cc3)cc2)c1. The van der Waals surface area contributed by atoms with Crippen LogP contribution in [0, 0.1) is 11.8 Å². The van der Waals surface area contributed by atoms with E-state index in [9.17, 15) is 18.0 Å². The number of amides is 2. The number of sulfone groups is 1. The summed E-state index contributed by atoms with van der Waals surface area (Å²) in [4.78, 5) is 31.0. The number of nitrogens with zero attached hydrogens (tertiary/aromatic N) is 4. The van der Waals surface area contributed by atoms with Crippen LogP contribution in [0.25, 0.3) is 22.5 Å². The summed E-state index contributed by atoms with van der Waals surface area (Å²) in [7, 11) is -3.40. The number of rotatable bonds is 10. The molecular weight excluding hydrogens is 568 g/mol. The standard InChI is InChI=1S/C30H34N8O4S/c1-43(41,42)26-15-24(17-32-18-26)21-6-2-19(3-7-21)14-27(34-29(39)23-8-4-20(16-31)5-9-23)30(40)33-25-12-10-22(11-13-25)28-35-37-38-36-28/h2-3,6-7,10-13,15,17-18,20,23,27H,4-5,8-9,14,16,31H2,1H3,(H,33,40)(H,34,39)(H,35,36,37,38)/t20?,23?,27-/m0/s1. The predicted octanol–water partition coefficient (Wildman–Crippen LogP) is 2.76. The average molecular weight is 603 g/mol. The van der Waals surface area contributed by atoms with E-state index < -0.39 is 15.9 Å². The first-order valence-corrected chi connectivity index (χ1v) is 16.0. The zero-order chi connectivity index (χ0) is 30.4. The van der Waals surface area contributed by atoms with Crippen LogP contribution in [0.15, 0.2) is 71.9 Å². The quantitative estimate of drug-likeness (QED) is 0.212. The van der Waals surface area contributed by atoms with Crippen LogP contribution in [-0.4, -0.2) is 64.7 Å². The summed E-state index contributed by atoms with van der Waals surface area (Å²) in [5, 5.41) is 19.8. The molecule has 0 bridgehead atoms. The summed E-state index contributed by atoms with van der Waals surface area (Å²) in [5.41, 5.74) is 9.39. The summed E-state index contributed by atoms with van der Waals surface area (Å²) in [6, 6.07) is 15.2. The van der Waals surface area contributed by atoms with Crippen molar-refractivity contribution in [2.45, 2.75) is 43.0 Å². The minimum atomic E-state index is -3.40. The van der Waals surface area contributed by atoms with Crippen molar-refractivity contribution in [3.8, 4) is 22.5 Å². The molecule has 224 valence electrons. The maximum Gasteiger partial charge on any atom is 0.247 e. The normalized spacial score (nSPS) is 17.6. The molecule has 12 nitrogen and oxygen atoms in total. The molecule has 0 radical (unpaired) electrons. The van der Waals surface area contributed by atoms with Crippen LogP contribution in [0.2, 0.25) is 0 Å². The second-order valence-electron chi connectivity index (χ2n) is 10.9. The summed E-state index contributed by atoms with van der Waals surface area (Å²) in [6.45, 7) is 0.621. The number of aromatic amines is 1. The Bertz CT molecular complexity index is 1650. The van der Waals surface area contributed by atoms with Gasteiger partial charge in [0, 0.05) is 47.8 Å². The molecular formula is C30H34N8O4S. The lowest BCUT2D eigenvalue weighted by molar-refractivity contribution is -0.130. The van der Waals surface area contributed by atoms with Crippen LogP contribution in [0.4, 0.5) is 5.69 Å². The Kier molecular flexibility index (Phi) is 9.22. The van der Waals surface area contributed by atoms with E-state index in [1.165, 1.54) is 6.20 Å². The van der Waals surface area contributed by atoms with Gasteiger partial charge in [-0.25, -0.2) is 8.42 Å². The average Bonchev–Trinajstić information content (AvgIpc) is 3.56. The van der Waals surface area contributed by atoms with E-state index in [2.05, 4.69) is 36.2 Å². The monoisotopic (exact) mass is 602 g/mol. The number of carbonyl (C=O) groups excluding carboxylic acids is 2. The second-order valence-corrected chi connectivity index (χ2v) is 12.9. The van der Waals surface area contributed by atoms with Crippen molar-refractivity contribution in [3.05, 3.63) is 72.6 Å². The van der Waals surface area contributed by atoms with Crippen LogP contribution in [-0.2, 0) is 25.8 Å². The first-order valence-electron chi connectivity index (χ1n) is 14.1. The zero-order valence-electron chi connectivity index (χ0n) is 23.7. The molecule has 13 heteroatoms. The van der Waals surface area contributed by atoms with Gasteiger partial charge in [-0.3, -0.25) is 14.6 Å². The topological polar surface area (TPSA) is 186 Å². The molecule has 2 heterocycles. The molecule has 1 aliphatic carbocycles. The molecule has 5 N–H and O–H groups in total. The highest BCUT2D eigenvalue weighted by molar-refractivity contribution is 7.90. The molecule has 1 saturated carbocycles. The smallest absolute Gasteiger partial charge is 0.247 e. The Morgan fingerprint density at radius 2 is 1.67 bits per heavy atom. The number of aromatic nitrogens is 5. The van der Waals surface area contributed by atoms with Crippen molar-refractivity contribution in [3.63, 3.8) is 0 Å². The number of anilines is 1. The van der Waals surface area contributed by atoms with Crippen LogP contribution >= 0.6 is 0 Å². The maximum atomic E-state index is 13.5. The predicted molar refractivity (Wildman–Crippen MR) is 161 cm³/mol. The zero-order valence-corrected chi connectivity index (χ0v) is 24.5. The summed E-state index contributed by atoms with van der Waals surface area (Å²) in [6.07, 6.45) is 7.61. The molecule has 2 aromatic heterocycles. The number of H-pyrrole nitrogens is 1. The van der Waals surface area contributed by atoms with Gasteiger partial charge in [0.2, 0.25) is 17.6 Å². The molecule has 0 spiro atoms. The van der Waals surface area contributed by atoms with Crippen LogP contribution in [0.5, 0.6) is 0 Å². The van der Waals surface area contributed by atoms with Crippen LogP contribution in [0.3, 0.4) is 0 Å². The van der Waals surface area contributed by atoms with Gasteiger partial charge in [-0.05, 0) is 84.8 Å². The highest BCUT2D eigenvalue weighted by Gasteiger charge is 2.29. The van der Waals surface area contributed by atoms with Gasteiger partial charge in [0.15, 0.2) is 9.84 Å². The first-order chi connectivity index (χ1) is 20.7. The van der Waals surface area contributed by atoms with Gasteiger partial charge < -0.3 is 16.4 Å². The molecule has 43 heavy (non-hydrogen) atoms. The molecule has 1 fully saturated rings. The molecule has 4 aromatic rings. The second kappa shape index (κ2) is 13.2. The molecule has 0 aliphatic heterocycles. The van der Waals surface area contributed by atoms with Gasteiger partial charge in [-0.2, -0.15) is 5.21 Å². The number of pyridine rings is 1. The van der Waals surface area contributed by atoms with Crippen LogP contribution in [0.1, 0.15) is 31.2 Å². The minimum Gasteiger partial charge on any atom is -0.344 e. The van der Waals surface area contributed by atoms with Crippen LogP contribution < -0.4 is 16.4 Å². The van der Waals surface area contributed by atoms with Crippen molar-refractivity contribution in [2.24, 2.45) is 17.6 Å². The Labute approximate surface area is 249 Å². The number of hydrogen-bond acceptors (Lipinski definition) is 9. The van der Waals surface area contributed by atoms with Gasteiger partial charge in [0.05, 0.1) is 4.90 Å². The number of carbonyl (C=O) groups is 2. The molecule has 0 saturated heterocycles. The maximum absolute atomic E-state index is 13.5. The third-order valence-electron chi connectivity index (χ3n) is 7.81. The number of hydrogen-bond donors (Lipinski definition) is 4. The van der Waals surface area contributed by atoms with Crippen molar-refractivity contribution in [2.75, 3.05) is 18.1 Å². The van der Waals surface area contributed by atoms with Crippen molar-refractivity contribution < 1.29 is 18.0 Å². The largest absolute Gasteiger partial charge is 0.344 e. The van der Waals surface area contributed by atoms with Gasteiger partial charge in [0.25, 0.3) is 0 Å². The summed E-state index contributed by atoms with van der Waals surface area (Å²) < 4.78 is 23.9. The first kappa shape index (κ1) is 30.0. The van der Waals surface area contributed by atoms with E-state index in [4.69, 9.17) is 5.73 Å². The lowest BCUT2D eigenvalue weighted by Gasteiger charge is -2.28. The van der Waals surface area contributed by atoms with E-state index in [-0.39, 0.29) is 29.0 Å². The van der Waals surface area contributed by atoms with Crippen molar-refractivity contribution in [1.82, 2.24) is 30.9 Å². The summed E-state index contributed by atoms with van der Waals surface area (Å²) >= 11 is 0. The molecule has 2 amide bonds. The van der Waals surface area contributed by atoms with E-state index in [1.807, 2.05) is 24.3 Å². The third-order valence-corrected chi connectivity index (χ3v) is 8.89. The minimum absolute atomic E-state index is 0.136. The molecule has 1 aliphatic rings. The Morgan fingerprint density at radius 3 is 2.30 bits per heavy atom. The number of benzene rings is 2. The molecule has 5 rings (SSSR count). The lowest BCUT2D eigenvalue weighted by Crippen LogP contribution is -2.48. The fraction of sp³-hybridized carbons (Fsp3) is 0.333. The van der Waals surface area contributed by atoms with E-state index in [1.54, 1.807) is 36.5 Å². The van der Waals surface area contributed by atoms with Gasteiger partial charge >= 0.3 is 0 Å². The Hall–Kier alpha value is -4.49. The highest BCUT2D eigenvalue weighted by atomic mass is 32.2. The Morgan fingerprint density at radius 1 is 0.977 bits per heavy atom. The fourth-order valence-corrected chi connectivity index (χ4v) is 5.82. The van der Waals surface area contributed by atoms with E-state index >= 15 is 0 Å². The fourth-order valence-electron chi connectivity index (χ4n) is 5.22. The lowest BCUT2D eigenvalue weighted by atomic mass is 9.81. The van der Waals surface area contributed by atoms with Gasteiger partial charge in [-0.1, -0.05) is 24.3 Å². The number of tetrazole rings is 1. The van der Waals surface area contributed by atoms with Gasteiger partial charge in [-0.15, -0.1) is 10.2 Å². The number of nitrogens with two attached hydrogens (primary N) is 1. The number of nitrogens with one attached hydrogen (secondary N) is 3. The van der Waals surface area contributed by atoms with E-state index in [0.717, 1.165) is 48.6 Å². The van der Waals surface area contributed by atoms with E-state index in [0.29, 0.717) is 29.5 Å². The van der Waals surface area contributed by atoms with Gasteiger partial charge in [0.1, 0.15) is 6.04 Å². The Balaban J connectivity index is 1.32. The highest BCUT2D eigenvalue weighted by Crippen LogP contribution is 2.29. The molecule has 2 aromatic carbocycles. The van der Waals surface area contributed by atoms with Crippen molar-refractivity contribution in [1.29, 1.82) is 0 Å². The molecule has 1 atom stereocenters.